The smallest absolute Gasteiger partial charge is 0.338 e. The highest BCUT2D eigenvalue weighted by Gasteiger charge is 2.16. The number of benzene rings is 1. The van der Waals surface area contributed by atoms with Crippen molar-refractivity contribution in [2.45, 2.75) is 6.92 Å². The number of para-hydroxylation sites is 2. The fourth-order valence-electron chi connectivity index (χ4n) is 1.60. The number of carbonyl (C=O) groups is 2. The third-order valence-corrected chi connectivity index (χ3v) is 2.51. The monoisotopic (exact) mass is 275 g/mol. The average Bonchev–Trinajstić information content (AvgIpc) is 2.91. The van der Waals surface area contributed by atoms with Gasteiger partial charge in [0.2, 0.25) is 0 Å². The topological polar surface area (TPSA) is 88.8 Å². The van der Waals surface area contributed by atoms with E-state index in [9.17, 15) is 9.59 Å². The summed E-state index contributed by atoms with van der Waals surface area (Å²) in [4.78, 5) is 22.7. The van der Waals surface area contributed by atoms with E-state index in [2.05, 4.69) is 5.32 Å². The van der Waals surface area contributed by atoms with E-state index in [4.69, 9.17) is 14.3 Å². The molecule has 6 nitrogen and oxygen atoms in total. The molecular weight excluding hydrogens is 262 g/mol. The Hall–Kier alpha value is -2.76. The van der Waals surface area contributed by atoms with Gasteiger partial charge in [-0.15, -0.1) is 0 Å². The van der Waals surface area contributed by atoms with Gasteiger partial charge in [0.25, 0.3) is 5.91 Å². The van der Waals surface area contributed by atoms with E-state index in [0.29, 0.717) is 18.0 Å². The molecule has 0 radical (unpaired) electrons. The second-order valence-electron chi connectivity index (χ2n) is 3.89. The second-order valence-corrected chi connectivity index (χ2v) is 3.89. The summed E-state index contributed by atoms with van der Waals surface area (Å²) in [5.74, 6) is -1.23. The molecule has 0 atom stereocenters. The third-order valence-electron chi connectivity index (χ3n) is 2.51. The molecule has 0 aliphatic carbocycles. The highest BCUT2D eigenvalue weighted by atomic mass is 16.5. The van der Waals surface area contributed by atoms with Crippen LogP contribution in [0.4, 0.5) is 5.69 Å². The van der Waals surface area contributed by atoms with E-state index in [0.717, 1.165) is 6.26 Å². The molecule has 1 aromatic heterocycles. The Balaban J connectivity index is 2.16. The number of hydrogen-bond donors (Lipinski definition) is 2. The molecule has 0 unspecified atom stereocenters. The summed E-state index contributed by atoms with van der Waals surface area (Å²) in [5, 5.41) is 11.4. The van der Waals surface area contributed by atoms with Crippen LogP contribution < -0.4 is 10.1 Å². The van der Waals surface area contributed by atoms with Crippen molar-refractivity contribution in [3.8, 4) is 5.75 Å². The van der Waals surface area contributed by atoms with Gasteiger partial charge in [-0.1, -0.05) is 12.1 Å². The van der Waals surface area contributed by atoms with Crippen LogP contribution in [0.3, 0.4) is 0 Å². The molecule has 0 fully saturated rings. The van der Waals surface area contributed by atoms with Crippen molar-refractivity contribution in [2.24, 2.45) is 0 Å². The lowest BCUT2D eigenvalue weighted by atomic mass is 10.2. The number of aromatic carboxylic acids is 1. The van der Waals surface area contributed by atoms with Gasteiger partial charge in [0.05, 0.1) is 17.9 Å². The Morgan fingerprint density at radius 1 is 1.35 bits per heavy atom. The molecular formula is C14H13NO5. The summed E-state index contributed by atoms with van der Waals surface area (Å²) >= 11 is 0. The first-order chi connectivity index (χ1) is 9.61. The van der Waals surface area contributed by atoms with Crippen LogP contribution in [0, 0.1) is 0 Å². The molecule has 1 heterocycles. The van der Waals surface area contributed by atoms with E-state index >= 15 is 0 Å². The Labute approximate surface area is 115 Å². The number of anilines is 1. The fraction of sp³-hybridized carbons (Fsp3) is 0.143. The van der Waals surface area contributed by atoms with Gasteiger partial charge in [-0.25, -0.2) is 4.79 Å². The molecule has 2 rings (SSSR count). The van der Waals surface area contributed by atoms with Gasteiger partial charge in [-0.2, -0.15) is 0 Å². The number of carboxylic acids is 1. The summed E-state index contributed by atoms with van der Waals surface area (Å²) in [7, 11) is 0. The van der Waals surface area contributed by atoms with Crippen LogP contribution in [0.1, 0.15) is 27.8 Å². The number of carbonyl (C=O) groups excluding carboxylic acids is 1. The lowest BCUT2D eigenvalue weighted by Gasteiger charge is -2.10. The molecule has 1 aromatic carbocycles. The average molecular weight is 275 g/mol. The van der Waals surface area contributed by atoms with Gasteiger partial charge in [0.1, 0.15) is 12.0 Å². The van der Waals surface area contributed by atoms with Crippen LogP contribution >= 0.6 is 0 Å². The van der Waals surface area contributed by atoms with Crippen LogP contribution in [-0.2, 0) is 0 Å². The van der Waals surface area contributed by atoms with Gasteiger partial charge in [-0.05, 0) is 19.1 Å². The zero-order chi connectivity index (χ0) is 14.5. The first kappa shape index (κ1) is 13.7. The summed E-state index contributed by atoms with van der Waals surface area (Å²) in [6, 6.07) is 8.12. The maximum Gasteiger partial charge on any atom is 0.338 e. The Kier molecular flexibility index (Phi) is 4.05. The summed E-state index contributed by atoms with van der Waals surface area (Å²) in [6.07, 6.45) is 1.02. The minimum Gasteiger partial charge on any atom is -0.492 e. The number of hydrogen-bond acceptors (Lipinski definition) is 4. The standard InChI is InChI=1S/C14H13NO5/c1-2-19-11-6-4-3-5-10(11)15-13(16)12-7-9(8-20-12)14(17)18/h3-8H,2H2,1H3,(H,15,16)(H,17,18). The quantitative estimate of drug-likeness (QED) is 0.875. The minimum absolute atomic E-state index is 0.0753. The highest BCUT2D eigenvalue weighted by molar-refractivity contribution is 6.04. The highest BCUT2D eigenvalue weighted by Crippen LogP contribution is 2.24. The molecule has 2 N–H and O–H groups in total. The number of nitrogens with one attached hydrogen (secondary N) is 1. The fourth-order valence-corrected chi connectivity index (χ4v) is 1.60. The second kappa shape index (κ2) is 5.92. The molecule has 2 aromatic rings. The number of carboxylic acid groups (broad SMARTS) is 1. The SMILES string of the molecule is CCOc1ccccc1NC(=O)c1cc(C(=O)O)co1. The van der Waals surface area contributed by atoms with Crippen LogP contribution in [0.15, 0.2) is 41.0 Å². The van der Waals surface area contributed by atoms with E-state index in [1.165, 1.54) is 6.07 Å². The maximum absolute atomic E-state index is 12.0. The summed E-state index contributed by atoms with van der Waals surface area (Å²) in [5.41, 5.74) is 0.417. The van der Waals surface area contributed by atoms with Gasteiger partial charge in [0.15, 0.2) is 5.76 Å². The molecule has 104 valence electrons. The van der Waals surface area contributed by atoms with Crippen molar-refractivity contribution >= 4 is 17.6 Å². The number of ether oxygens (including phenoxy) is 1. The summed E-state index contributed by atoms with van der Waals surface area (Å²) < 4.78 is 10.3. The molecule has 0 bridgehead atoms. The first-order valence-corrected chi connectivity index (χ1v) is 5.96. The third kappa shape index (κ3) is 2.97. The first-order valence-electron chi connectivity index (χ1n) is 5.96. The number of rotatable bonds is 5. The number of amides is 1. The molecule has 6 heteroatoms. The Morgan fingerprint density at radius 3 is 2.75 bits per heavy atom. The van der Waals surface area contributed by atoms with Crippen molar-refractivity contribution in [1.82, 2.24) is 0 Å². The molecule has 0 aliphatic heterocycles. The predicted octanol–water partition coefficient (Wildman–Crippen LogP) is 2.63. The molecule has 0 spiro atoms. The lowest BCUT2D eigenvalue weighted by Crippen LogP contribution is -2.12. The van der Waals surface area contributed by atoms with Crippen LogP contribution in [0.25, 0.3) is 0 Å². The molecule has 0 aliphatic rings. The van der Waals surface area contributed by atoms with Crippen LogP contribution in [-0.4, -0.2) is 23.6 Å². The molecule has 0 saturated carbocycles. The minimum atomic E-state index is -1.15. The molecule has 20 heavy (non-hydrogen) atoms. The van der Waals surface area contributed by atoms with Crippen LogP contribution in [0.5, 0.6) is 5.75 Å². The van der Waals surface area contributed by atoms with Crippen molar-refractivity contribution in [1.29, 1.82) is 0 Å². The number of furan rings is 1. The Bertz CT molecular complexity index is 632. The van der Waals surface area contributed by atoms with Crippen molar-refractivity contribution in [3.05, 3.63) is 47.9 Å². The van der Waals surface area contributed by atoms with E-state index in [1.54, 1.807) is 24.3 Å². The lowest BCUT2D eigenvalue weighted by molar-refractivity contribution is 0.0696. The Morgan fingerprint density at radius 2 is 2.10 bits per heavy atom. The van der Waals surface area contributed by atoms with Gasteiger partial charge >= 0.3 is 5.97 Å². The van der Waals surface area contributed by atoms with Crippen molar-refractivity contribution in [3.63, 3.8) is 0 Å². The zero-order valence-corrected chi connectivity index (χ0v) is 10.8. The van der Waals surface area contributed by atoms with Crippen molar-refractivity contribution in [2.75, 3.05) is 11.9 Å². The van der Waals surface area contributed by atoms with Crippen LogP contribution in [0.2, 0.25) is 0 Å². The van der Waals surface area contributed by atoms with E-state index < -0.39 is 11.9 Å². The summed E-state index contributed by atoms with van der Waals surface area (Å²) in [6.45, 7) is 2.31. The van der Waals surface area contributed by atoms with Gasteiger partial charge in [0, 0.05) is 6.07 Å². The predicted molar refractivity (Wildman–Crippen MR) is 71.2 cm³/mol. The maximum atomic E-state index is 12.0. The molecule has 0 saturated heterocycles. The zero-order valence-electron chi connectivity index (χ0n) is 10.8. The molecule has 1 amide bonds. The largest absolute Gasteiger partial charge is 0.492 e. The normalized spacial score (nSPS) is 10.1. The van der Waals surface area contributed by atoms with Gasteiger partial charge < -0.3 is 19.6 Å². The van der Waals surface area contributed by atoms with Gasteiger partial charge in [-0.3, -0.25) is 4.79 Å². The van der Waals surface area contributed by atoms with E-state index in [1.807, 2.05) is 6.92 Å². The van der Waals surface area contributed by atoms with Crippen molar-refractivity contribution < 1.29 is 23.8 Å². The van der Waals surface area contributed by atoms with E-state index in [-0.39, 0.29) is 11.3 Å².